The predicted octanol–water partition coefficient (Wildman–Crippen LogP) is 8.11. The summed E-state index contributed by atoms with van der Waals surface area (Å²) < 4.78 is 17.8. The van der Waals surface area contributed by atoms with Gasteiger partial charge >= 0.3 is 5.97 Å². The van der Waals surface area contributed by atoms with Crippen LogP contribution in [-0.2, 0) is 19.0 Å². The van der Waals surface area contributed by atoms with Crippen LogP contribution in [-0.4, -0.2) is 58.9 Å². The first-order valence-electron chi connectivity index (χ1n) is 17.5. The molecule has 0 saturated carbocycles. The zero-order valence-electron chi connectivity index (χ0n) is 26.4. The van der Waals surface area contributed by atoms with E-state index in [1.54, 1.807) is 0 Å². The average Bonchev–Trinajstić information content (AvgIpc) is 3.69. The number of carbonyl (C=O) groups excluding carboxylic acids is 1. The molecule has 3 aliphatic rings. The van der Waals surface area contributed by atoms with Crippen molar-refractivity contribution in [3.63, 3.8) is 0 Å². The van der Waals surface area contributed by atoms with Crippen LogP contribution in [0.1, 0.15) is 162 Å². The maximum Gasteiger partial charge on any atom is 0.334 e. The van der Waals surface area contributed by atoms with Gasteiger partial charge in [-0.3, -0.25) is 0 Å². The second-order valence-electron chi connectivity index (χ2n) is 13.2. The molecule has 2 saturated heterocycles. The Morgan fingerprint density at radius 2 is 1.34 bits per heavy atom. The van der Waals surface area contributed by atoms with E-state index in [0.717, 1.165) is 64.2 Å². The van der Waals surface area contributed by atoms with Crippen LogP contribution in [0.2, 0.25) is 0 Å². The molecule has 2 N–H and O–H groups in total. The molecule has 0 aliphatic carbocycles. The van der Waals surface area contributed by atoms with Crippen LogP contribution >= 0.6 is 0 Å². The molecule has 6 nitrogen and oxygen atoms in total. The van der Waals surface area contributed by atoms with E-state index in [1.165, 1.54) is 70.6 Å². The quantitative estimate of drug-likeness (QED) is 0.0941. The van der Waals surface area contributed by atoms with Crippen molar-refractivity contribution in [3.05, 3.63) is 11.6 Å². The highest BCUT2D eigenvalue weighted by atomic mass is 16.6. The molecule has 3 aliphatic heterocycles. The van der Waals surface area contributed by atoms with Crippen molar-refractivity contribution >= 4 is 5.97 Å². The predicted molar refractivity (Wildman–Crippen MR) is 165 cm³/mol. The Morgan fingerprint density at radius 1 is 0.756 bits per heavy atom. The summed E-state index contributed by atoms with van der Waals surface area (Å²) in [6.45, 7) is 4.12. The van der Waals surface area contributed by atoms with Crippen LogP contribution in [0.25, 0.3) is 0 Å². The van der Waals surface area contributed by atoms with Crippen molar-refractivity contribution in [2.45, 2.75) is 204 Å². The molecular weight excluding hydrogens is 516 g/mol. The second kappa shape index (κ2) is 20.1. The third-order valence-electron chi connectivity index (χ3n) is 9.43. The molecular formula is C35H62O6. The molecule has 3 heterocycles. The maximum atomic E-state index is 11.7. The fourth-order valence-corrected chi connectivity index (χ4v) is 6.91. The van der Waals surface area contributed by atoms with Gasteiger partial charge in [-0.2, -0.15) is 0 Å². The smallest absolute Gasteiger partial charge is 0.334 e. The van der Waals surface area contributed by atoms with Crippen molar-refractivity contribution in [2.75, 3.05) is 0 Å². The fourth-order valence-electron chi connectivity index (χ4n) is 6.91. The van der Waals surface area contributed by atoms with Crippen LogP contribution in [0.15, 0.2) is 11.6 Å². The molecule has 6 heteroatoms. The fraction of sp³-hybridized carbons (Fsp3) is 0.914. The van der Waals surface area contributed by atoms with Crippen LogP contribution in [0.5, 0.6) is 0 Å². The highest BCUT2D eigenvalue weighted by Gasteiger charge is 2.39. The number of cyclic esters (lactones) is 1. The van der Waals surface area contributed by atoms with Gasteiger partial charge in [-0.05, 0) is 57.9 Å². The summed E-state index contributed by atoms with van der Waals surface area (Å²) >= 11 is 0. The van der Waals surface area contributed by atoms with E-state index in [0.29, 0.717) is 24.5 Å². The highest BCUT2D eigenvalue weighted by Crippen LogP contribution is 2.34. The van der Waals surface area contributed by atoms with Gasteiger partial charge in [-0.1, -0.05) is 103 Å². The van der Waals surface area contributed by atoms with Crippen LogP contribution in [0.3, 0.4) is 0 Å². The summed E-state index contributed by atoms with van der Waals surface area (Å²) in [7, 11) is 0. The topological polar surface area (TPSA) is 85.2 Å². The van der Waals surface area contributed by atoms with E-state index in [4.69, 9.17) is 14.2 Å². The largest absolute Gasteiger partial charge is 0.455 e. The number of rotatable bonds is 23. The van der Waals surface area contributed by atoms with E-state index < -0.39 is 6.10 Å². The Kier molecular flexibility index (Phi) is 16.9. The Hall–Kier alpha value is -0.950. The van der Waals surface area contributed by atoms with Crippen molar-refractivity contribution in [1.82, 2.24) is 0 Å². The lowest BCUT2D eigenvalue weighted by Crippen LogP contribution is -2.31. The number of aliphatic hydroxyl groups excluding tert-OH is 2. The van der Waals surface area contributed by atoms with Gasteiger partial charge in [0.15, 0.2) is 0 Å². The van der Waals surface area contributed by atoms with Gasteiger partial charge in [0.05, 0.1) is 36.6 Å². The molecule has 3 rings (SSSR count). The van der Waals surface area contributed by atoms with Crippen LogP contribution in [0, 0.1) is 0 Å². The Labute approximate surface area is 251 Å². The summed E-state index contributed by atoms with van der Waals surface area (Å²) in [4.78, 5) is 11.7. The summed E-state index contributed by atoms with van der Waals surface area (Å²) in [5, 5.41) is 21.0. The van der Waals surface area contributed by atoms with Gasteiger partial charge in [-0.25, -0.2) is 4.79 Å². The lowest BCUT2D eigenvalue weighted by molar-refractivity contribution is -0.139. The van der Waals surface area contributed by atoms with Gasteiger partial charge in [0.25, 0.3) is 0 Å². The molecule has 238 valence electrons. The average molecular weight is 579 g/mol. The summed E-state index contributed by atoms with van der Waals surface area (Å²) in [5.74, 6) is -0.281. The van der Waals surface area contributed by atoms with Gasteiger partial charge in [0.1, 0.15) is 6.10 Å². The number of hydrogen-bond acceptors (Lipinski definition) is 6. The van der Waals surface area contributed by atoms with Crippen LogP contribution in [0.4, 0.5) is 0 Å². The van der Waals surface area contributed by atoms with Crippen molar-refractivity contribution < 1.29 is 29.2 Å². The zero-order chi connectivity index (χ0) is 29.3. The standard InChI is InChI=1S/C35H62O6/c1-3-4-5-6-7-8-9-10-11-12-13-17-20-31(37)32-23-24-34(41-32)33-22-21-30(40-33)19-16-14-15-18-29(36)26-28-25-27(2)39-35(28)38/h25,27,29-34,36-37H,3-24,26H2,1-2H3/t27-,29+,30+,31-,32-,33-,34-/m0/s1. The number of ether oxygens (including phenoxy) is 3. The molecule has 7 atom stereocenters. The molecule has 0 aromatic rings. The first-order valence-corrected chi connectivity index (χ1v) is 17.5. The third kappa shape index (κ3) is 13.5. The molecule has 0 radical (unpaired) electrons. The van der Waals surface area contributed by atoms with Gasteiger partial charge in [0, 0.05) is 12.0 Å². The Balaban J connectivity index is 1.14. The summed E-state index contributed by atoms with van der Waals surface area (Å²) in [6.07, 6.45) is 27.7. The monoisotopic (exact) mass is 578 g/mol. The normalized spacial score (nSPS) is 27.8. The number of aliphatic hydroxyl groups is 2. The number of carbonyl (C=O) groups is 1. The van der Waals surface area contributed by atoms with Crippen molar-refractivity contribution in [1.29, 1.82) is 0 Å². The number of hydrogen-bond donors (Lipinski definition) is 2. The molecule has 0 spiro atoms. The minimum Gasteiger partial charge on any atom is -0.455 e. The lowest BCUT2D eigenvalue weighted by Gasteiger charge is -2.23. The first kappa shape index (κ1) is 34.5. The molecule has 41 heavy (non-hydrogen) atoms. The summed E-state index contributed by atoms with van der Waals surface area (Å²) in [6, 6.07) is 0. The highest BCUT2D eigenvalue weighted by molar-refractivity contribution is 5.90. The maximum absolute atomic E-state index is 11.7. The van der Waals surface area contributed by atoms with Gasteiger partial charge < -0.3 is 24.4 Å². The number of unbranched alkanes of at least 4 members (excludes halogenated alkanes) is 13. The summed E-state index contributed by atoms with van der Waals surface area (Å²) in [5.41, 5.74) is 0.614. The Morgan fingerprint density at radius 3 is 2.00 bits per heavy atom. The van der Waals surface area contributed by atoms with Crippen molar-refractivity contribution in [3.8, 4) is 0 Å². The minimum atomic E-state index is -0.478. The van der Waals surface area contributed by atoms with Gasteiger partial charge in [0.2, 0.25) is 0 Å². The van der Waals surface area contributed by atoms with Crippen LogP contribution < -0.4 is 0 Å². The molecule has 0 amide bonds. The van der Waals surface area contributed by atoms with E-state index in [2.05, 4.69) is 6.92 Å². The minimum absolute atomic E-state index is 0.0214. The third-order valence-corrected chi connectivity index (χ3v) is 9.43. The molecule has 0 aromatic carbocycles. The molecule has 0 aromatic heterocycles. The van der Waals surface area contributed by atoms with E-state index in [-0.39, 0.29) is 36.5 Å². The molecule has 0 bridgehead atoms. The molecule has 2 fully saturated rings. The lowest BCUT2D eigenvalue weighted by atomic mass is 10.0. The Bertz CT molecular complexity index is 738. The van der Waals surface area contributed by atoms with E-state index in [1.807, 2.05) is 13.0 Å². The second-order valence-corrected chi connectivity index (χ2v) is 13.2. The van der Waals surface area contributed by atoms with E-state index in [9.17, 15) is 15.0 Å². The van der Waals surface area contributed by atoms with Gasteiger partial charge in [-0.15, -0.1) is 0 Å². The number of esters is 1. The first-order chi connectivity index (χ1) is 20.0. The van der Waals surface area contributed by atoms with E-state index >= 15 is 0 Å². The molecule has 0 unspecified atom stereocenters. The zero-order valence-corrected chi connectivity index (χ0v) is 26.4. The van der Waals surface area contributed by atoms with Crippen molar-refractivity contribution in [2.24, 2.45) is 0 Å². The SMILES string of the molecule is CCCCCCCCCCCCCC[C@H](O)[C@@H]1CC[C@@H]([C@@H]2CC[C@@H](CCCCC[C@@H](O)CC3=C[C@H](C)OC3=O)O2)O1.